The predicted octanol–water partition coefficient (Wildman–Crippen LogP) is 4.36. The Labute approximate surface area is 129 Å². The van der Waals surface area contributed by atoms with E-state index in [-0.39, 0.29) is 0 Å². The van der Waals surface area contributed by atoms with Gasteiger partial charge in [-0.25, -0.2) is 0 Å². The van der Waals surface area contributed by atoms with E-state index >= 15 is 0 Å². The normalized spacial score (nSPS) is 11.0. The zero-order valence-electron chi connectivity index (χ0n) is 12.4. The van der Waals surface area contributed by atoms with Crippen LogP contribution in [0.2, 0.25) is 5.02 Å². The molecular weight excluding hydrogens is 284 g/mol. The van der Waals surface area contributed by atoms with E-state index in [1.807, 2.05) is 38.2 Å². The van der Waals surface area contributed by atoms with Crippen LogP contribution in [0.3, 0.4) is 0 Å². The molecule has 0 atom stereocenters. The summed E-state index contributed by atoms with van der Waals surface area (Å²) in [7, 11) is 1.70. The monoisotopic (exact) mass is 300 g/mol. The number of benzene rings is 1. The lowest BCUT2D eigenvalue weighted by Gasteiger charge is -2.13. The number of rotatable bonds is 3. The quantitative estimate of drug-likeness (QED) is 0.718. The predicted molar refractivity (Wildman–Crippen MR) is 86.3 cm³/mol. The zero-order valence-corrected chi connectivity index (χ0v) is 13.1. The summed E-state index contributed by atoms with van der Waals surface area (Å²) < 4.78 is 7.63. The van der Waals surface area contributed by atoms with Gasteiger partial charge in [-0.1, -0.05) is 17.7 Å². The molecule has 0 bridgehead atoms. The summed E-state index contributed by atoms with van der Waals surface area (Å²) in [5.74, 6) is 0.912. The minimum Gasteiger partial charge on any atom is -0.496 e. The van der Waals surface area contributed by atoms with Gasteiger partial charge in [0, 0.05) is 34.1 Å². The van der Waals surface area contributed by atoms with E-state index in [1.165, 1.54) is 5.39 Å². The summed E-state index contributed by atoms with van der Waals surface area (Å²) in [4.78, 5) is 4.56. The highest BCUT2D eigenvalue weighted by Gasteiger charge is 2.11. The Hall–Kier alpha value is -2.00. The van der Waals surface area contributed by atoms with Gasteiger partial charge in [0.2, 0.25) is 0 Å². The molecule has 2 heterocycles. The maximum absolute atomic E-state index is 6.10. The summed E-state index contributed by atoms with van der Waals surface area (Å²) in [5.41, 5.74) is 4.26. The lowest BCUT2D eigenvalue weighted by Crippen LogP contribution is -2.05. The van der Waals surface area contributed by atoms with Gasteiger partial charge >= 0.3 is 0 Å². The minimum atomic E-state index is 0.701. The molecule has 0 N–H and O–H groups in total. The van der Waals surface area contributed by atoms with E-state index in [1.54, 1.807) is 7.11 Å². The van der Waals surface area contributed by atoms with Crippen molar-refractivity contribution in [3.63, 3.8) is 0 Å². The summed E-state index contributed by atoms with van der Waals surface area (Å²) in [5, 5.41) is 1.92. The fourth-order valence-corrected chi connectivity index (χ4v) is 2.85. The minimum absolute atomic E-state index is 0.701. The lowest BCUT2D eigenvalue weighted by molar-refractivity contribution is 0.406. The van der Waals surface area contributed by atoms with Crippen molar-refractivity contribution in [1.29, 1.82) is 0 Å². The molecule has 0 aliphatic heterocycles. The van der Waals surface area contributed by atoms with Crippen LogP contribution in [-0.2, 0) is 6.54 Å². The smallest absolute Gasteiger partial charge is 0.128 e. The van der Waals surface area contributed by atoms with E-state index in [0.29, 0.717) is 6.54 Å². The Morgan fingerprint density at radius 3 is 2.81 bits per heavy atom. The van der Waals surface area contributed by atoms with E-state index in [4.69, 9.17) is 16.3 Å². The number of fused-ring (bicyclic) bond motifs is 1. The van der Waals surface area contributed by atoms with E-state index in [0.717, 1.165) is 33.1 Å². The first kappa shape index (κ1) is 14.0. The molecule has 3 nitrogen and oxygen atoms in total. The van der Waals surface area contributed by atoms with Gasteiger partial charge in [-0.3, -0.25) is 4.98 Å². The number of pyridine rings is 1. The standard InChI is InChI=1S/C17H17ClN2O/c1-11-9-19-15(12(2)17(11)21-3)10-20-7-6-13-4-5-14(18)8-16(13)20/h4-9H,10H2,1-3H3. The summed E-state index contributed by atoms with van der Waals surface area (Å²) in [6.45, 7) is 4.76. The largest absolute Gasteiger partial charge is 0.496 e. The van der Waals surface area contributed by atoms with Gasteiger partial charge in [0.25, 0.3) is 0 Å². The van der Waals surface area contributed by atoms with Crippen LogP contribution in [-0.4, -0.2) is 16.7 Å². The van der Waals surface area contributed by atoms with Crippen LogP contribution < -0.4 is 4.74 Å². The van der Waals surface area contributed by atoms with Crippen LogP contribution in [0.5, 0.6) is 5.75 Å². The first-order valence-electron chi connectivity index (χ1n) is 6.83. The number of methoxy groups -OCH3 is 1. The molecule has 0 aliphatic carbocycles. The summed E-state index contributed by atoms with van der Waals surface area (Å²) >= 11 is 6.10. The molecule has 0 saturated heterocycles. The number of ether oxygens (including phenoxy) is 1. The third-order valence-corrected chi connectivity index (χ3v) is 4.04. The van der Waals surface area contributed by atoms with Crippen LogP contribution in [0.1, 0.15) is 16.8 Å². The van der Waals surface area contributed by atoms with Crippen molar-refractivity contribution in [2.45, 2.75) is 20.4 Å². The van der Waals surface area contributed by atoms with Crippen LogP contribution in [0.4, 0.5) is 0 Å². The highest BCUT2D eigenvalue weighted by molar-refractivity contribution is 6.31. The van der Waals surface area contributed by atoms with Gasteiger partial charge in [-0.05, 0) is 37.4 Å². The molecule has 0 aliphatic rings. The molecular formula is C17H17ClN2O. The Bertz CT molecular complexity index is 808. The van der Waals surface area contributed by atoms with Gasteiger partial charge in [-0.15, -0.1) is 0 Å². The number of nitrogens with zero attached hydrogens (tertiary/aromatic N) is 2. The van der Waals surface area contributed by atoms with Crippen molar-refractivity contribution in [1.82, 2.24) is 9.55 Å². The van der Waals surface area contributed by atoms with Crippen LogP contribution in [0, 0.1) is 13.8 Å². The molecule has 0 saturated carbocycles. The topological polar surface area (TPSA) is 27.1 Å². The van der Waals surface area contributed by atoms with E-state index in [2.05, 4.69) is 21.8 Å². The Balaban J connectivity index is 2.05. The zero-order chi connectivity index (χ0) is 15.0. The average molecular weight is 301 g/mol. The lowest BCUT2D eigenvalue weighted by atomic mass is 10.1. The number of halogens is 1. The second kappa shape index (κ2) is 5.41. The van der Waals surface area contributed by atoms with Crippen molar-refractivity contribution in [3.05, 3.63) is 58.5 Å². The van der Waals surface area contributed by atoms with Gasteiger partial charge in [0.05, 0.1) is 19.3 Å². The van der Waals surface area contributed by atoms with Crippen molar-refractivity contribution in [2.75, 3.05) is 7.11 Å². The SMILES string of the molecule is COc1c(C)cnc(Cn2ccc3ccc(Cl)cc32)c1C. The first-order chi connectivity index (χ1) is 10.1. The van der Waals surface area contributed by atoms with Crippen LogP contribution in [0.25, 0.3) is 10.9 Å². The van der Waals surface area contributed by atoms with Crippen molar-refractivity contribution in [3.8, 4) is 5.75 Å². The molecule has 0 amide bonds. The number of aromatic nitrogens is 2. The third kappa shape index (κ3) is 2.49. The molecule has 21 heavy (non-hydrogen) atoms. The molecule has 4 heteroatoms. The Morgan fingerprint density at radius 1 is 1.24 bits per heavy atom. The van der Waals surface area contributed by atoms with Crippen molar-refractivity contribution >= 4 is 22.5 Å². The van der Waals surface area contributed by atoms with E-state index in [9.17, 15) is 0 Å². The fraction of sp³-hybridized carbons (Fsp3) is 0.235. The molecule has 0 unspecified atom stereocenters. The fourth-order valence-electron chi connectivity index (χ4n) is 2.69. The third-order valence-electron chi connectivity index (χ3n) is 3.81. The second-order valence-electron chi connectivity index (χ2n) is 5.19. The maximum atomic E-state index is 6.10. The Morgan fingerprint density at radius 2 is 2.05 bits per heavy atom. The van der Waals surface area contributed by atoms with Gasteiger partial charge in [0.15, 0.2) is 0 Å². The summed E-state index contributed by atoms with van der Waals surface area (Å²) in [6, 6.07) is 8.01. The molecule has 0 radical (unpaired) electrons. The molecule has 0 spiro atoms. The highest BCUT2D eigenvalue weighted by Crippen LogP contribution is 2.26. The van der Waals surface area contributed by atoms with Crippen LogP contribution in [0.15, 0.2) is 36.7 Å². The molecule has 108 valence electrons. The molecule has 0 fully saturated rings. The second-order valence-corrected chi connectivity index (χ2v) is 5.63. The van der Waals surface area contributed by atoms with Gasteiger partial charge in [-0.2, -0.15) is 0 Å². The molecule has 2 aromatic heterocycles. The highest BCUT2D eigenvalue weighted by atomic mass is 35.5. The van der Waals surface area contributed by atoms with E-state index < -0.39 is 0 Å². The maximum Gasteiger partial charge on any atom is 0.128 e. The van der Waals surface area contributed by atoms with Crippen molar-refractivity contribution < 1.29 is 4.74 Å². The van der Waals surface area contributed by atoms with Crippen molar-refractivity contribution in [2.24, 2.45) is 0 Å². The number of hydrogen-bond donors (Lipinski definition) is 0. The average Bonchev–Trinajstić information content (AvgIpc) is 2.85. The number of hydrogen-bond acceptors (Lipinski definition) is 2. The first-order valence-corrected chi connectivity index (χ1v) is 7.21. The van der Waals surface area contributed by atoms with Gasteiger partial charge in [0.1, 0.15) is 5.75 Å². The Kier molecular flexibility index (Phi) is 3.60. The summed E-state index contributed by atoms with van der Waals surface area (Å²) in [6.07, 6.45) is 3.92. The molecule has 3 rings (SSSR count). The molecule has 3 aromatic rings. The molecule has 1 aromatic carbocycles. The van der Waals surface area contributed by atoms with Gasteiger partial charge < -0.3 is 9.30 Å². The number of aryl methyl sites for hydroxylation is 1. The van der Waals surface area contributed by atoms with Crippen LogP contribution >= 0.6 is 11.6 Å².